The topological polar surface area (TPSA) is 76.7 Å². The molecule has 0 aliphatic carbocycles. The first-order valence-corrected chi connectivity index (χ1v) is 8.47. The predicted octanol–water partition coefficient (Wildman–Crippen LogP) is 3.51. The highest BCUT2D eigenvalue weighted by molar-refractivity contribution is 6.32. The number of benzene rings is 2. The molecule has 0 radical (unpaired) electrons. The molecule has 0 aromatic heterocycles. The van der Waals surface area contributed by atoms with E-state index >= 15 is 0 Å². The lowest BCUT2D eigenvalue weighted by Gasteiger charge is -2.13. The lowest BCUT2D eigenvalue weighted by Crippen LogP contribution is -2.25. The Labute approximate surface area is 157 Å². The Morgan fingerprint density at radius 1 is 1.04 bits per heavy atom. The molecule has 0 atom stereocenters. The maximum atomic E-state index is 12.1. The van der Waals surface area contributed by atoms with Gasteiger partial charge >= 0.3 is 0 Å². The smallest absolute Gasteiger partial charge is 0.251 e. The van der Waals surface area contributed by atoms with Gasteiger partial charge in [-0.1, -0.05) is 29.8 Å². The summed E-state index contributed by atoms with van der Waals surface area (Å²) in [6.45, 7) is 0.404. The molecule has 0 saturated carbocycles. The SMILES string of the molecule is COc1cc(OC)c(NC(=O)CCCNC(=O)c2ccccc2)cc1Cl. The molecule has 2 aromatic rings. The van der Waals surface area contributed by atoms with Crippen molar-refractivity contribution in [1.29, 1.82) is 0 Å². The Bertz CT molecular complexity index is 766. The van der Waals surface area contributed by atoms with Crippen LogP contribution in [0.15, 0.2) is 42.5 Å². The average Bonchev–Trinajstić information content (AvgIpc) is 2.66. The monoisotopic (exact) mass is 376 g/mol. The molecule has 0 fully saturated rings. The number of rotatable bonds is 8. The van der Waals surface area contributed by atoms with Crippen molar-refractivity contribution in [3.05, 3.63) is 53.1 Å². The largest absolute Gasteiger partial charge is 0.495 e. The van der Waals surface area contributed by atoms with E-state index < -0.39 is 0 Å². The van der Waals surface area contributed by atoms with Crippen LogP contribution in [0.2, 0.25) is 5.02 Å². The van der Waals surface area contributed by atoms with E-state index in [2.05, 4.69) is 10.6 Å². The lowest BCUT2D eigenvalue weighted by molar-refractivity contribution is -0.116. The van der Waals surface area contributed by atoms with Crippen LogP contribution in [0.5, 0.6) is 11.5 Å². The zero-order chi connectivity index (χ0) is 18.9. The number of ether oxygens (including phenoxy) is 2. The molecule has 2 amide bonds. The molecule has 0 spiro atoms. The molecule has 26 heavy (non-hydrogen) atoms. The van der Waals surface area contributed by atoms with E-state index in [1.807, 2.05) is 6.07 Å². The van der Waals surface area contributed by atoms with Crippen LogP contribution in [-0.4, -0.2) is 32.6 Å². The van der Waals surface area contributed by atoms with Gasteiger partial charge in [0.05, 0.1) is 24.9 Å². The Balaban J connectivity index is 1.82. The van der Waals surface area contributed by atoms with E-state index in [0.717, 1.165) is 0 Å². The van der Waals surface area contributed by atoms with Gasteiger partial charge in [0, 0.05) is 24.6 Å². The van der Waals surface area contributed by atoms with E-state index in [1.54, 1.807) is 36.4 Å². The van der Waals surface area contributed by atoms with Crippen molar-refractivity contribution in [2.45, 2.75) is 12.8 Å². The number of hydrogen-bond donors (Lipinski definition) is 2. The first-order chi connectivity index (χ1) is 12.5. The normalized spacial score (nSPS) is 10.1. The van der Waals surface area contributed by atoms with Crippen molar-refractivity contribution in [1.82, 2.24) is 5.32 Å². The van der Waals surface area contributed by atoms with Crippen LogP contribution < -0.4 is 20.1 Å². The summed E-state index contributed by atoms with van der Waals surface area (Å²) in [5.74, 6) is 0.565. The molecule has 0 unspecified atom stereocenters. The van der Waals surface area contributed by atoms with Gasteiger partial charge < -0.3 is 20.1 Å². The minimum Gasteiger partial charge on any atom is -0.495 e. The lowest BCUT2D eigenvalue weighted by atomic mass is 10.2. The number of carbonyl (C=O) groups is 2. The summed E-state index contributed by atoms with van der Waals surface area (Å²) in [7, 11) is 3.00. The number of anilines is 1. The molecule has 0 aliphatic heterocycles. The molecule has 6 nitrogen and oxygen atoms in total. The number of carbonyl (C=O) groups excluding carboxylic acids is 2. The van der Waals surface area contributed by atoms with Gasteiger partial charge in [-0.2, -0.15) is 0 Å². The van der Waals surface area contributed by atoms with Gasteiger partial charge in [-0.25, -0.2) is 0 Å². The Morgan fingerprint density at radius 2 is 1.73 bits per heavy atom. The number of nitrogens with one attached hydrogen (secondary N) is 2. The minimum atomic E-state index is -0.196. The third-order valence-electron chi connectivity index (χ3n) is 3.65. The van der Waals surface area contributed by atoms with Gasteiger partial charge in [0.1, 0.15) is 11.5 Å². The van der Waals surface area contributed by atoms with Crippen LogP contribution in [-0.2, 0) is 4.79 Å². The highest BCUT2D eigenvalue weighted by Gasteiger charge is 2.12. The van der Waals surface area contributed by atoms with Gasteiger partial charge in [-0.15, -0.1) is 0 Å². The summed E-state index contributed by atoms with van der Waals surface area (Å²) < 4.78 is 10.4. The van der Waals surface area contributed by atoms with Crippen LogP contribution >= 0.6 is 11.6 Å². The molecule has 0 heterocycles. The van der Waals surface area contributed by atoms with E-state index in [1.165, 1.54) is 14.2 Å². The Morgan fingerprint density at radius 3 is 2.38 bits per heavy atom. The summed E-state index contributed by atoms with van der Waals surface area (Å²) in [5.41, 5.74) is 1.06. The van der Waals surface area contributed by atoms with E-state index in [-0.39, 0.29) is 18.2 Å². The van der Waals surface area contributed by atoms with Gasteiger partial charge in [-0.3, -0.25) is 9.59 Å². The number of hydrogen-bond acceptors (Lipinski definition) is 4. The third kappa shape index (κ3) is 5.39. The van der Waals surface area contributed by atoms with Crippen molar-refractivity contribution in [3.63, 3.8) is 0 Å². The van der Waals surface area contributed by atoms with Gasteiger partial charge in [0.2, 0.25) is 5.91 Å². The molecule has 2 aromatic carbocycles. The summed E-state index contributed by atoms with van der Waals surface area (Å²) in [6.07, 6.45) is 0.762. The molecular weight excluding hydrogens is 356 g/mol. The van der Waals surface area contributed by atoms with Crippen LogP contribution in [0.4, 0.5) is 5.69 Å². The van der Waals surface area contributed by atoms with E-state index in [9.17, 15) is 9.59 Å². The first kappa shape index (κ1) is 19.6. The average molecular weight is 377 g/mol. The van der Waals surface area contributed by atoms with Crippen LogP contribution in [0.3, 0.4) is 0 Å². The summed E-state index contributed by atoms with van der Waals surface area (Å²) in [6, 6.07) is 12.1. The maximum Gasteiger partial charge on any atom is 0.251 e. The van der Waals surface area contributed by atoms with E-state index in [0.29, 0.717) is 40.7 Å². The second kappa shape index (κ2) is 9.68. The first-order valence-electron chi connectivity index (χ1n) is 8.09. The van der Waals surface area contributed by atoms with Crippen molar-refractivity contribution < 1.29 is 19.1 Å². The van der Waals surface area contributed by atoms with Gasteiger partial charge in [0.25, 0.3) is 5.91 Å². The van der Waals surface area contributed by atoms with Crippen LogP contribution in [0.1, 0.15) is 23.2 Å². The number of amides is 2. The second-order valence-electron chi connectivity index (χ2n) is 5.46. The maximum absolute atomic E-state index is 12.1. The number of methoxy groups -OCH3 is 2. The van der Waals surface area contributed by atoms with Crippen molar-refractivity contribution >= 4 is 29.1 Å². The van der Waals surface area contributed by atoms with E-state index in [4.69, 9.17) is 21.1 Å². The quantitative estimate of drug-likeness (QED) is 0.691. The fourth-order valence-corrected chi connectivity index (χ4v) is 2.55. The van der Waals surface area contributed by atoms with Gasteiger partial charge in [0.15, 0.2) is 0 Å². The molecular formula is C19H21ClN2O4. The molecule has 7 heteroatoms. The summed E-state index contributed by atoms with van der Waals surface area (Å²) in [4.78, 5) is 24.0. The Kier molecular flexibility index (Phi) is 7.29. The third-order valence-corrected chi connectivity index (χ3v) is 3.95. The van der Waals surface area contributed by atoms with Crippen LogP contribution in [0.25, 0.3) is 0 Å². The highest BCUT2D eigenvalue weighted by Crippen LogP contribution is 2.35. The zero-order valence-corrected chi connectivity index (χ0v) is 15.4. The molecule has 0 saturated heterocycles. The zero-order valence-electron chi connectivity index (χ0n) is 14.7. The molecule has 0 aliphatic rings. The standard InChI is InChI=1S/C19H21ClN2O4/c1-25-16-12-17(26-2)15(11-14(16)20)22-18(23)9-6-10-21-19(24)13-7-4-3-5-8-13/h3-5,7-8,11-12H,6,9-10H2,1-2H3,(H,21,24)(H,22,23). The minimum absolute atomic E-state index is 0.158. The molecule has 2 N–H and O–H groups in total. The predicted molar refractivity (Wildman–Crippen MR) is 101 cm³/mol. The second-order valence-corrected chi connectivity index (χ2v) is 5.87. The number of halogens is 1. The summed E-state index contributed by atoms with van der Waals surface area (Å²) in [5, 5.41) is 5.91. The summed E-state index contributed by atoms with van der Waals surface area (Å²) >= 11 is 6.08. The van der Waals surface area contributed by atoms with Crippen molar-refractivity contribution in [2.75, 3.05) is 26.1 Å². The van der Waals surface area contributed by atoms with Crippen molar-refractivity contribution in [2.24, 2.45) is 0 Å². The van der Waals surface area contributed by atoms with Crippen molar-refractivity contribution in [3.8, 4) is 11.5 Å². The van der Waals surface area contributed by atoms with Crippen LogP contribution in [0, 0.1) is 0 Å². The Hall–Kier alpha value is -2.73. The molecule has 0 bridgehead atoms. The van der Waals surface area contributed by atoms with Gasteiger partial charge in [-0.05, 0) is 24.6 Å². The highest BCUT2D eigenvalue weighted by atomic mass is 35.5. The fraction of sp³-hybridized carbons (Fsp3) is 0.263. The molecule has 138 valence electrons. The molecule has 2 rings (SSSR count). The fourth-order valence-electron chi connectivity index (χ4n) is 2.31.